The second kappa shape index (κ2) is 7.01. The SMILES string of the molecule is NS(=O)(=O)c1ccc(CCn2c3c(c4ccccc4c2=O)C(=O)c2ccccc2-3)cc1. The van der Waals surface area contributed by atoms with E-state index < -0.39 is 10.0 Å². The quantitative estimate of drug-likeness (QED) is 0.474. The van der Waals surface area contributed by atoms with Gasteiger partial charge >= 0.3 is 0 Å². The first-order valence-corrected chi connectivity index (χ1v) is 11.3. The number of nitrogens with zero attached hydrogens (tertiary/aromatic N) is 1. The van der Waals surface area contributed by atoms with Crippen LogP contribution in [-0.4, -0.2) is 18.8 Å². The van der Waals surface area contributed by atoms with Crippen molar-refractivity contribution in [3.8, 4) is 11.3 Å². The zero-order valence-electron chi connectivity index (χ0n) is 16.4. The summed E-state index contributed by atoms with van der Waals surface area (Å²) in [7, 11) is -3.76. The van der Waals surface area contributed by atoms with Crippen LogP contribution >= 0.6 is 0 Å². The second-order valence-corrected chi connectivity index (χ2v) is 9.10. The summed E-state index contributed by atoms with van der Waals surface area (Å²) in [6.07, 6.45) is 0.492. The Kier molecular flexibility index (Phi) is 4.39. The zero-order chi connectivity index (χ0) is 21.8. The van der Waals surface area contributed by atoms with Gasteiger partial charge in [-0.1, -0.05) is 54.6 Å². The van der Waals surface area contributed by atoms with Gasteiger partial charge in [-0.05, 0) is 30.2 Å². The molecule has 0 atom stereocenters. The minimum absolute atomic E-state index is 0.0412. The highest BCUT2D eigenvalue weighted by Gasteiger charge is 2.32. The topological polar surface area (TPSA) is 99.2 Å². The van der Waals surface area contributed by atoms with Gasteiger partial charge in [-0.2, -0.15) is 0 Å². The minimum atomic E-state index is -3.76. The van der Waals surface area contributed by atoms with Crippen LogP contribution in [0.25, 0.3) is 22.0 Å². The summed E-state index contributed by atoms with van der Waals surface area (Å²) in [5.41, 5.74) is 3.26. The molecule has 1 aliphatic carbocycles. The lowest BCUT2D eigenvalue weighted by molar-refractivity contribution is 0.104. The van der Waals surface area contributed by atoms with Crippen molar-refractivity contribution in [2.24, 2.45) is 5.14 Å². The Labute approximate surface area is 178 Å². The molecule has 0 spiro atoms. The molecule has 1 aromatic heterocycles. The number of hydrogen-bond acceptors (Lipinski definition) is 4. The Morgan fingerprint density at radius 3 is 2.06 bits per heavy atom. The Bertz CT molecular complexity index is 1530. The smallest absolute Gasteiger partial charge is 0.258 e. The normalized spacial score (nSPS) is 12.7. The van der Waals surface area contributed by atoms with Crippen molar-refractivity contribution in [2.45, 2.75) is 17.9 Å². The highest BCUT2D eigenvalue weighted by Crippen LogP contribution is 2.39. The summed E-state index contributed by atoms with van der Waals surface area (Å²) in [4.78, 5) is 26.6. The Morgan fingerprint density at radius 2 is 1.39 bits per heavy atom. The Hall–Kier alpha value is -3.55. The van der Waals surface area contributed by atoms with E-state index in [1.807, 2.05) is 30.3 Å². The lowest BCUT2D eigenvalue weighted by Crippen LogP contribution is -2.24. The summed E-state index contributed by atoms with van der Waals surface area (Å²) < 4.78 is 24.6. The molecule has 0 saturated carbocycles. The number of fused-ring (bicyclic) bond motifs is 5. The molecule has 6 nitrogen and oxygen atoms in total. The monoisotopic (exact) mass is 430 g/mol. The average Bonchev–Trinajstić information content (AvgIpc) is 3.06. The van der Waals surface area contributed by atoms with Gasteiger partial charge in [0.25, 0.3) is 5.56 Å². The lowest BCUT2D eigenvalue weighted by atomic mass is 10.0. The standard InChI is InChI=1S/C24H18N2O4S/c25-31(29,30)16-11-9-15(10-12-16)13-14-26-22-18-6-2-3-7-19(18)23(27)21(22)17-5-1-4-8-20(17)24(26)28/h1-12H,13-14H2,(H2,25,29,30). The number of pyridine rings is 1. The van der Waals surface area contributed by atoms with Gasteiger partial charge in [0.15, 0.2) is 5.78 Å². The fourth-order valence-corrected chi connectivity index (χ4v) is 4.74. The highest BCUT2D eigenvalue weighted by atomic mass is 32.2. The molecule has 154 valence electrons. The number of aryl methyl sites for hydroxylation is 1. The first kappa shape index (κ1) is 19.4. The molecule has 0 bridgehead atoms. The first-order chi connectivity index (χ1) is 14.9. The third kappa shape index (κ3) is 3.10. The number of primary sulfonamides is 1. The van der Waals surface area contributed by atoms with E-state index in [0.717, 1.165) is 11.1 Å². The molecular formula is C24H18N2O4S. The summed E-state index contributed by atoms with van der Waals surface area (Å²) in [6, 6.07) is 20.8. The largest absolute Gasteiger partial charge is 0.307 e. The first-order valence-electron chi connectivity index (χ1n) is 9.77. The van der Waals surface area contributed by atoms with Gasteiger partial charge in [-0.3, -0.25) is 9.59 Å². The van der Waals surface area contributed by atoms with Crippen LogP contribution in [0.3, 0.4) is 0 Å². The van der Waals surface area contributed by atoms with Crippen molar-refractivity contribution < 1.29 is 13.2 Å². The molecule has 7 heteroatoms. The molecule has 0 saturated heterocycles. The predicted octanol–water partition coefficient (Wildman–Crippen LogP) is 3.10. The average molecular weight is 430 g/mol. The van der Waals surface area contributed by atoms with Crippen LogP contribution in [0, 0.1) is 0 Å². The van der Waals surface area contributed by atoms with Gasteiger partial charge in [0.2, 0.25) is 10.0 Å². The van der Waals surface area contributed by atoms with Crippen LogP contribution < -0.4 is 10.7 Å². The lowest BCUT2D eigenvalue weighted by Gasteiger charge is -2.15. The fourth-order valence-electron chi connectivity index (χ4n) is 4.23. The van der Waals surface area contributed by atoms with Gasteiger partial charge in [-0.15, -0.1) is 0 Å². The maximum absolute atomic E-state index is 13.4. The zero-order valence-corrected chi connectivity index (χ0v) is 17.2. The Balaban J connectivity index is 1.64. The third-order valence-corrected chi connectivity index (χ3v) is 6.64. The summed E-state index contributed by atoms with van der Waals surface area (Å²) >= 11 is 0. The van der Waals surface area contributed by atoms with Crippen molar-refractivity contribution >= 4 is 26.6 Å². The van der Waals surface area contributed by atoms with Gasteiger partial charge in [0, 0.05) is 28.4 Å². The maximum Gasteiger partial charge on any atom is 0.258 e. The van der Waals surface area contributed by atoms with Crippen LogP contribution in [0.1, 0.15) is 21.5 Å². The van der Waals surface area contributed by atoms with E-state index in [2.05, 4.69) is 0 Å². The van der Waals surface area contributed by atoms with Crippen molar-refractivity contribution in [1.82, 2.24) is 4.57 Å². The van der Waals surface area contributed by atoms with Crippen molar-refractivity contribution in [1.29, 1.82) is 0 Å². The summed E-state index contributed by atoms with van der Waals surface area (Å²) in [5.74, 6) is -0.0759. The molecule has 0 amide bonds. The van der Waals surface area contributed by atoms with Crippen molar-refractivity contribution in [3.05, 3.63) is 99.8 Å². The number of benzene rings is 3. The number of hydrogen-bond donors (Lipinski definition) is 1. The number of ketones is 1. The number of carbonyl (C=O) groups excluding carboxylic acids is 1. The molecule has 0 radical (unpaired) electrons. The van der Waals surface area contributed by atoms with Gasteiger partial charge < -0.3 is 4.57 Å². The molecule has 0 fully saturated rings. The second-order valence-electron chi connectivity index (χ2n) is 7.54. The molecule has 0 aliphatic heterocycles. The summed E-state index contributed by atoms with van der Waals surface area (Å²) in [5, 5.41) is 6.33. The maximum atomic E-state index is 13.4. The molecule has 1 aliphatic rings. The van der Waals surface area contributed by atoms with Crippen molar-refractivity contribution in [2.75, 3.05) is 0 Å². The van der Waals surface area contributed by atoms with Gasteiger partial charge in [-0.25, -0.2) is 13.6 Å². The van der Waals surface area contributed by atoms with Gasteiger partial charge in [0.05, 0.1) is 16.2 Å². The number of nitrogens with two attached hydrogens (primary N) is 1. The van der Waals surface area contributed by atoms with E-state index in [1.165, 1.54) is 12.1 Å². The molecule has 31 heavy (non-hydrogen) atoms. The van der Waals surface area contributed by atoms with Crippen LogP contribution in [0.4, 0.5) is 0 Å². The van der Waals surface area contributed by atoms with E-state index >= 15 is 0 Å². The van der Waals surface area contributed by atoms with E-state index in [-0.39, 0.29) is 16.2 Å². The Morgan fingerprint density at radius 1 is 0.774 bits per heavy atom. The van der Waals surface area contributed by atoms with E-state index in [4.69, 9.17) is 5.14 Å². The molecule has 4 aromatic rings. The molecular weight excluding hydrogens is 412 g/mol. The van der Waals surface area contributed by atoms with E-state index in [1.54, 1.807) is 34.9 Å². The fraction of sp³-hybridized carbons (Fsp3) is 0.0833. The van der Waals surface area contributed by atoms with Crippen LogP contribution in [-0.2, 0) is 23.0 Å². The minimum Gasteiger partial charge on any atom is -0.307 e. The van der Waals surface area contributed by atoms with Crippen LogP contribution in [0.5, 0.6) is 0 Å². The predicted molar refractivity (Wildman–Crippen MR) is 119 cm³/mol. The molecule has 2 N–H and O–H groups in total. The van der Waals surface area contributed by atoms with Crippen LogP contribution in [0.15, 0.2) is 82.5 Å². The van der Waals surface area contributed by atoms with Crippen LogP contribution in [0.2, 0.25) is 0 Å². The summed E-state index contributed by atoms with van der Waals surface area (Å²) in [6.45, 7) is 0.350. The molecule has 5 rings (SSSR count). The van der Waals surface area contributed by atoms with E-state index in [9.17, 15) is 18.0 Å². The van der Waals surface area contributed by atoms with E-state index in [0.29, 0.717) is 40.6 Å². The molecule has 0 unspecified atom stereocenters. The molecule has 3 aromatic carbocycles. The number of aromatic nitrogens is 1. The highest BCUT2D eigenvalue weighted by molar-refractivity contribution is 7.89. The number of rotatable bonds is 4. The van der Waals surface area contributed by atoms with Crippen molar-refractivity contribution in [3.63, 3.8) is 0 Å². The third-order valence-electron chi connectivity index (χ3n) is 5.71. The number of sulfonamides is 1. The van der Waals surface area contributed by atoms with Gasteiger partial charge in [0.1, 0.15) is 0 Å². The molecule has 1 heterocycles. The number of carbonyl (C=O) groups is 1.